The lowest BCUT2D eigenvalue weighted by atomic mass is 9.99. The Morgan fingerprint density at radius 3 is 3.00 bits per heavy atom. The van der Waals surface area contributed by atoms with Gasteiger partial charge in [-0.15, -0.1) is 0 Å². The molecule has 92 valence electrons. The van der Waals surface area contributed by atoms with Gasteiger partial charge >= 0.3 is 0 Å². The Hall–Kier alpha value is 0.120. The van der Waals surface area contributed by atoms with E-state index in [4.69, 9.17) is 0 Å². The van der Waals surface area contributed by atoms with E-state index < -0.39 is 0 Å². The van der Waals surface area contributed by atoms with E-state index in [-0.39, 0.29) is 5.54 Å². The summed E-state index contributed by atoms with van der Waals surface area (Å²) in [7, 11) is 0. The van der Waals surface area contributed by atoms with Gasteiger partial charge in [-0.1, -0.05) is 6.92 Å². The van der Waals surface area contributed by atoms with Crippen LogP contribution in [-0.2, 0) is 0 Å². The first kappa shape index (κ1) is 13.5. The lowest BCUT2D eigenvalue weighted by Crippen LogP contribution is -2.41. The van der Waals surface area contributed by atoms with Crippen molar-refractivity contribution in [3.05, 3.63) is 13.7 Å². The molecule has 17 heavy (non-hydrogen) atoms. The Bertz CT molecular complexity index is 451. The lowest BCUT2D eigenvalue weighted by Gasteiger charge is -2.22. The summed E-state index contributed by atoms with van der Waals surface area (Å²) in [4.78, 5) is 4.32. The van der Waals surface area contributed by atoms with E-state index >= 15 is 0 Å². The molecule has 0 saturated heterocycles. The van der Waals surface area contributed by atoms with Crippen molar-refractivity contribution in [1.29, 1.82) is 5.26 Å². The molecular weight excluding hydrogens is 442 g/mol. The summed E-state index contributed by atoms with van der Waals surface area (Å²) in [6.07, 6.45) is 4.74. The van der Waals surface area contributed by atoms with Crippen LogP contribution in [0.1, 0.15) is 32.2 Å². The topological polar surface area (TPSA) is 53.6 Å². The van der Waals surface area contributed by atoms with Crippen LogP contribution in [0.5, 0.6) is 0 Å². The summed E-state index contributed by atoms with van der Waals surface area (Å²) < 4.78 is 4.43. The normalized spacial score (nSPS) is 28.2. The second-order valence-electron chi connectivity index (χ2n) is 4.35. The van der Waals surface area contributed by atoms with Crippen LogP contribution in [0.2, 0.25) is 0 Å². The minimum Gasteiger partial charge on any atom is -0.322 e. The van der Waals surface area contributed by atoms with Crippen molar-refractivity contribution < 1.29 is 0 Å². The van der Waals surface area contributed by atoms with E-state index in [9.17, 15) is 5.26 Å². The van der Waals surface area contributed by atoms with Crippen LogP contribution in [-0.4, -0.2) is 21.6 Å². The van der Waals surface area contributed by atoms with Gasteiger partial charge in [-0.3, -0.25) is 5.32 Å². The van der Waals surface area contributed by atoms with Gasteiger partial charge < -0.3 is 4.57 Å². The molecule has 0 aromatic carbocycles. The van der Waals surface area contributed by atoms with Crippen molar-refractivity contribution in [3.63, 3.8) is 0 Å². The molecule has 4 nitrogen and oxygen atoms in total. The molecule has 1 saturated carbocycles. The number of hydrogen-bond acceptors (Lipinski definition) is 3. The first-order chi connectivity index (χ1) is 8.12. The zero-order valence-electron chi connectivity index (χ0n) is 9.58. The summed E-state index contributed by atoms with van der Waals surface area (Å²) in [5.74, 6) is 0. The molecular formula is C11H14I2N4. The number of aromatic nitrogens is 2. The van der Waals surface area contributed by atoms with Crippen LogP contribution in [0.25, 0.3) is 0 Å². The van der Waals surface area contributed by atoms with Crippen molar-refractivity contribution in [2.75, 3.05) is 6.54 Å². The zero-order chi connectivity index (χ0) is 12.5. The highest BCUT2D eigenvalue weighted by Gasteiger charge is 2.40. The minimum atomic E-state index is -0.335. The van der Waals surface area contributed by atoms with Crippen LogP contribution in [0.3, 0.4) is 0 Å². The number of nitrogens with one attached hydrogen (secondary N) is 1. The first-order valence-electron chi connectivity index (χ1n) is 5.66. The van der Waals surface area contributed by atoms with Crippen LogP contribution in [0.15, 0.2) is 6.33 Å². The smallest absolute Gasteiger partial charge is 0.132 e. The fourth-order valence-corrected chi connectivity index (χ4v) is 3.54. The van der Waals surface area contributed by atoms with Crippen LogP contribution in [0.4, 0.5) is 0 Å². The first-order valence-corrected chi connectivity index (χ1v) is 7.82. The van der Waals surface area contributed by atoms with Gasteiger partial charge in [-0.25, -0.2) is 4.98 Å². The summed E-state index contributed by atoms with van der Waals surface area (Å²) in [5.41, 5.74) is -0.335. The SMILES string of the molecule is CCNC1(C#N)CCC(n2cnc(I)c2I)C1. The van der Waals surface area contributed by atoms with Gasteiger partial charge in [0.15, 0.2) is 0 Å². The van der Waals surface area contributed by atoms with Crippen molar-refractivity contribution in [3.8, 4) is 6.07 Å². The zero-order valence-corrected chi connectivity index (χ0v) is 13.9. The molecule has 2 atom stereocenters. The van der Waals surface area contributed by atoms with Crippen molar-refractivity contribution in [2.45, 2.75) is 37.8 Å². The molecule has 1 aromatic heterocycles. The Morgan fingerprint density at radius 2 is 2.47 bits per heavy atom. The predicted molar refractivity (Wildman–Crippen MR) is 82.6 cm³/mol. The van der Waals surface area contributed by atoms with E-state index in [2.05, 4.69) is 73.0 Å². The molecule has 0 radical (unpaired) electrons. The van der Waals surface area contributed by atoms with Gasteiger partial charge in [0, 0.05) is 6.04 Å². The van der Waals surface area contributed by atoms with Crippen LogP contribution < -0.4 is 5.32 Å². The number of nitrogens with zero attached hydrogens (tertiary/aromatic N) is 3. The average Bonchev–Trinajstić information content (AvgIpc) is 2.87. The van der Waals surface area contributed by atoms with Gasteiger partial charge in [-0.05, 0) is 71.0 Å². The molecule has 1 heterocycles. The summed E-state index contributed by atoms with van der Waals surface area (Å²) >= 11 is 4.57. The number of halogens is 2. The predicted octanol–water partition coefficient (Wildman–Crippen LogP) is 2.69. The Morgan fingerprint density at radius 1 is 1.71 bits per heavy atom. The van der Waals surface area contributed by atoms with Gasteiger partial charge in [0.05, 0.1) is 12.4 Å². The van der Waals surface area contributed by atoms with E-state index in [0.717, 1.165) is 29.5 Å². The van der Waals surface area contributed by atoms with E-state index in [1.807, 2.05) is 6.33 Å². The lowest BCUT2D eigenvalue weighted by molar-refractivity contribution is 0.407. The highest BCUT2D eigenvalue weighted by molar-refractivity contribution is 14.1. The Balaban J connectivity index is 2.18. The molecule has 2 unspecified atom stereocenters. The largest absolute Gasteiger partial charge is 0.322 e. The van der Waals surface area contributed by atoms with Gasteiger partial charge in [0.25, 0.3) is 0 Å². The highest BCUT2D eigenvalue weighted by atomic mass is 127. The van der Waals surface area contributed by atoms with E-state index in [1.165, 1.54) is 3.70 Å². The van der Waals surface area contributed by atoms with Crippen LogP contribution >= 0.6 is 45.2 Å². The maximum Gasteiger partial charge on any atom is 0.132 e. The molecule has 0 aliphatic heterocycles. The third-order valence-corrected chi connectivity index (χ3v) is 6.19. The average molecular weight is 456 g/mol. The molecule has 1 aliphatic carbocycles. The molecule has 1 fully saturated rings. The Labute approximate surface area is 128 Å². The fourth-order valence-electron chi connectivity index (χ4n) is 2.47. The third-order valence-electron chi connectivity index (χ3n) is 3.30. The molecule has 0 spiro atoms. The van der Waals surface area contributed by atoms with Crippen molar-refractivity contribution in [1.82, 2.24) is 14.9 Å². The molecule has 0 bridgehead atoms. The Kier molecular flexibility index (Phi) is 4.31. The van der Waals surface area contributed by atoms with E-state index in [0.29, 0.717) is 6.04 Å². The monoisotopic (exact) mass is 456 g/mol. The maximum atomic E-state index is 9.35. The number of imidazole rings is 1. The van der Waals surface area contributed by atoms with Gasteiger partial charge in [-0.2, -0.15) is 5.26 Å². The van der Waals surface area contributed by atoms with Crippen molar-refractivity contribution >= 4 is 45.2 Å². The summed E-state index contributed by atoms with van der Waals surface area (Å²) in [5, 5.41) is 12.7. The molecule has 1 N–H and O–H groups in total. The summed E-state index contributed by atoms with van der Waals surface area (Å²) in [6.45, 7) is 2.90. The molecule has 6 heteroatoms. The number of rotatable bonds is 3. The summed E-state index contributed by atoms with van der Waals surface area (Å²) in [6, 6.07) is 2.85. The minimum absolute atomic E-state index is 0.335. The van der Waals surface area contributed by atoms with Gasteiger partial charge in [0.2, 0.25) is 0 Å². The van der Waals surface area contributed by atoms with Gasteiger partial charge in [0.1, 0.15) is 12.9 Å². The van der Waals surface area contributed by atoms with E-state index in [1.54, 1.807) is 0 Å². The van der Waals surface area contributed by atoms with Crippen molar-refractivity contribution in [2.24, 2.45) is 0 Å². The molecule has 1 aromatic rings. The second-order valence-corrected chi connectivity index (χ2v) is 6.40. The number of hydrogen-bond donors (Lipinski definition) is 1. The highest BCUT2D eigenvalue weighted by Crippen LogP contribution is 2.38. The molecule has 2 rings (SSSR count). The molecule has 1 aliphatic rings. The number of nitriles is 1. The maximum absolute atomic E-state index is 9.35. The second kappa shape index (κ2) is 5.40. The third kappa shape index (κ3) is 2.61. The van der Waals surface area contributed by atoms with Crippen LogP contribution in [0, 0.1) is 18.7 Å². The fraction of sp³-hybridized carbons (Fsp3) is 0.636. The quantitative estimate of drug-likeness (QED) is 0.713. The standard InChI is InChI=1S/C11H14I2N4/c1-2-16-11(6-14)4-3-8(5-11)17-7-15-9(12)10(17)13/h7-8,16H,2-5H2,1H3. The molecule has 0 amide bonds.